The average molecular weight is 303 g/mol. The van der Waals surface area contributed by atoms with Crippen LogP contribution in [0, 0.1) is 5.82 Å². The van der Waals surface area contributed by atoms with Crippen LogP contribution in [-0.4, -0.2) is 24.8 Å². The first-order valence-electron chi connectivity index (χ1n) is 7.39. The highest BCUT2D eigenvalue weighted by atomic mass is 19.1. The minimum atomic E-state index is -0.751. The molecule has 0 bridgehead atoms. The molecule has 0 amide bonds. The SMILES string of the molecule is COc1ccc([C@@H](O)CNC(C)Cc2ccccc2)cc1F. The second-order valence-electron chi connectivity index (χ2n) is 5.41. The quantitative estimate of drug-likeness (QED) is 0.826. The average Bonchev–Trinajstić information content (AvgIpc) is 2.53. The van der Waals surface area contributed by atoms with Gasteiger partial charge in [-0.05, 0) is 36.6 Å². The molecule has 4 heteroatoms. The number of methoxy groups -OCH3 is 1. The molecule has 2 aromatic rings. The maximum absolute atomic E-state index is 13.6. The van der Waals surface area contributed by atoms with Crippen LogP contribution in [0.5, 0.6) is 5.75 Å². The van der Waals surface area contributed by atoms with Gasteiger partial charge >= 0.3 is 0 Å². The van der Waals surface area contributed by atoms with Gasteiger partial charge in [0.2, 0.25) is 0 Å². The second-order valence-corrected chi connectivity index (χ2v) is 5.41. The summed E-state index contributed by atoms with van der Waals surface area (Å²) in [6.45, 7) is 2.44. The highest BCUT2D eigenvalue weighted by molar-refractivity contribution is 5.30. The summed E-state index contributed by atoms with van der Waals surface area (Å²) in [5, 5.41) is 13.4. The lowest BCUT2D eigenvalue weighted by Crippen LogP contribution is -2.32. The van der Waals surface area contributed by atoms with Crippen molar-refractivity contribution in [2.24, 2.45) is 0 Å². The Morgan fingerprint density at radius 3 is 2.55 bits per heavy atom. The summed E-state index contributed by atoms with van der Waals surface area (Å²) in [6.07, 6.45) is 0.128. The number of aliphatic hydroxyl groups is 1. The molecule has 0 aliphatic carbocycles. The maximum Gasteiger partial charge on any atom is 0.165 e. The molecule has 2 atom stereocenters. The Kier molecular flexibility index (Phi) is 5.92. The number of benzene rings is 2. The van der Waals surface area contributed by atoms with Gasteiger partial charge in [-0.3, -0.25) is 0 Å². The summed E-state index contributed by atoms with van der Waals surface area (Å²) in [5.74, 6) is -0.280. The molecule has 1 unspecified atom stereocenters. The van der Waals surface area contributed by atoms with E-state index in [1.54, 1.807) is 6.07 Å². The van der Waals surface area contributed by atoms with Crippen LogP contribution >= 0.6 is 0 Å². The first-order valence-corrected chi connectivity index (χ1v) is 7.39. The third-order valence-electron chi connectivity index (χ3n) is 3.60. The van der Waals surface area contributed by atoms with E-state index >= 15 is 0 Å². The lowest BCUT2D eigenvalue weighted by Gasteiger charge is -2.18. The highest BCUT2D eigenvalue weighted by Crippen LogP contribution is 2.21. The minimum absolute atomic E-state index is 0.182. The van der Waals surface area contributed by atoms with Gasteiger partial charge in [-0.15, -0.1) is 0 Å². The lowest BCUT2D eigenvalue weighted by atomic mass is 10.1. The zero-order chi connectivity index (χ0) is 15.9. The number of hydrogen-bond acceptors (Lipinski definition) is 3. The maximum atomic E-state index is 13.6. The summed E-state index contributed by atoms with van der Waals surface area (Å²) in [5.41, 5.74) is 1.78. The summed E-state index contributed by atoms with van der Waals surface area (Å²) >= 11 is 0. The van der Waals surface area contributed by atoms with Gasteiger partial charge in [0.15, 0.2) is 11.6 Å². The topological polar surface area (TPSA) is 41.5 Å². The molecule has 118 valence electrons. The number of rotatable bonds is 7. The van der Waals surface area contributed by atoms with Crippen molar-refractivity contribution in [3.05, 3.63) is 65.5 Å². The fraction of sp³-hybridized carbons (Fsp3) is 0.333. The monoisotopic (exact) mass is 303 g/mol. The van der Waals surface area contributed by atoms with E-state index < -0.39 is 11.9 Å². The van der Waals surface area contributed by atoms with E-state index in [0.29, 0.717) is 12.1 Å². The van der Waals surface area contributed by atoms with Crippen LogP contribution < -0.4 is 10.1 Å². The Hall–Kier alpha value is -1.91. The Balaban J connectivity index is 1.86. The third-order valence-corrected chi connectivity index (χ3v) is 3.60. The van der Waals surface area contributed by atoms with Gasteiger partial charge in [-0.2, -0.15) is 0 Å². The van der Waals surface area contributed by atoms with Gasteiger partial charge in [0, 0.05) is 12.6 Å². The molecule has 0 saturated carbocycles. The van der Waals surface area contributed by atoms with Gasteiger partial charge in [0.25, 0.3) is 0 Å². The summed E-state index contributed by atoms with van der Waals surface area (Å²) in [6, 6.07) is 14.9. The van der Waals surface area contributed by atoms with Crippen molar-refractivity contribution in [1.29, 1.82) is 0 Å². The predicted molar refractivity (Wildman–Crippen MR) is 85.5 cm³/mol. The predicted octanol–water partition coefficient (Wildman–Crippen LogP) is 3.09. The Morgan fingerprint density at radius 2 is 1.91 bits per heavy atom. The van der Waals surface area contributed by atoms with Crippen LogP contribution in [-0.2, 0) is 6.42 Å². The number of halogens is 1. The van der Waals surface area contributed by atoms with Crippen molar-refractivity contribution < 1.29 is 14.2 Å². The number of aliphatic hydroxyl groups excluding tert-OH is 1. The van der Waals surface area contributed by atoms with Crippen LogP contribution in [0.1, 0.15) is 24.2 Å². The fourth-order valence-electron chi connectivity index (χ4n) is 2.36. The normalized spacial score (nSPS) is 13.6. The molecule has 0 heterocycles. The van der Waals surface area contributed by atoms with E-state index in [-0.39, 0.29) is 11.8 Å². The van der Waals surface area contributed by atoms with E-state index in [9.17, 15) is 9.50 Å². The molecule has 2 N–H and O–H groups in total. The van der Waals surface area contributed by atoms with Crippen LogP contribution in [0.2, 0.25) is 0 Å². The molecule has 3 nitrogen and oxygen atoms in total. The first-order chi connectivity index (χ1) is 10.6. The zero-order valence-corrected chi connectivity index (χ0v) is 12.9. The number of hydrogen-bond donors (Lipinski definition) is 2. The van der Waals surface area contributed by atoms with Gasteiger partial charge in [-0.1, -0.05) is 36.4 Å². The molecule has 2 rings (SSSR count). The van der Waals surface area contributed by atoms with Crippen molar-refractivity contribution in [3.8, 4) is 5.75 Å². The lowest BCUT2D eigenvalue weighted by molar-refractivity contribution is 0.170. The van der Waals surface area contributed by atoms with E-state index in [2.05, 4.69) is 24.4 Å². The third kappa shape index (κ3) is 4.55. The second kappa shape index (κ2) is 7.92. The van der Waals surface area contributed by atoms with Crippen LogP contribution in [0.3, 0.4) is 0 Å². The number of ether oxygens (including phenoxy) is 1. The fourth-order valence-corrected chi connectivity index (χ4v) is 2.36. The molecule has 0 aliphatic rings. The minimum Gasteiger partial charge on any atom is -0.494 e. The van der Waals surface area contributed by atoms with Crippen LogP contribution in [0.4, 0.5) is 4.39 Å². The Labute approximate surface area is 130 Å². The molecule has 0 aliphatic heterocycles. The van der Waals surface area contributed by atoms with Crippen molar-refractivity contribution in [2.75, 3.05) is 13.7 Å². The van der Waals surface area contributed by atoms with E-state index in [0.717, 1.165) is 6.42 Å². The van der Waals surface area contributed by atoms with Gasteiger partial charge in [0.1, 0.15) is 0 Å². The molecular formula is C18H22FNO2. The van der Waals surface area contributed by atoms with Gasteiger partial charge in [0.05, 0.1) is 13.2 Å². The molecule has 0 saturated heterocycles. The molecule has 0 fully saturated rings. The van der Waals surface area contributed by atoms with Crippen molar-refractivity contribution in [1.82, 2.24) is 5.32 Å². The molecule has 22 heavy (non-hydrogen) atoms. The van der Waals surface area contributed by atoms with Crippen molar-refractivity contribution in [3.63, 3.8) is 0 Å². The Bertz CT molecular complexity index is 589. The Morgan fingerprint density at radius 1 is 1.18 bits per heavy atom. The van der Waals surface area contributed by atoms with Gasteiger partial charge in [-0.25, -0.2) is 4.39 Å². The van der Waals surface area contributed by atoms with Gasteiger partial charge < -0.3 is 15.2 Å². The largest absolute Gasteiger partial charge is 0.494 e. The zero-order valence-electron chi connectivity index (χ0n) is 12.9. The number of nitrogens with one attached hydrogen (secondary N) is 1. The summed E-state index contributed by atoms with van der Waals surface area (Å²) < 4.78 is 18.5. The molecule has 2 aromatic carbocycles. The van der Waals surface area contributed by atoms with Crippen LogP contribution in [0.25, 0.3) is 0 Å². The van der Waals surface area contributed by atoms with E-state index in [1.165, 1.54) is 24.8 Å². The highest BCUT2D eigenvalue weighted by Gasteiger charge is 2.12. The first kappa shape index (κ1) is 16.5. The smallest absolute Gasteiger partial charge is 0.165 e. The molecule has 0 radical (unpaired) electrons. The standard InChI is InChI=1S/C18H22FNO2/c1-13(10-14-6-4-3-5-7-14)20-12-17(21)15-8-9-18(22-2)16(19)11-15/h3-9,11,13,17,20-21H,10,12H2,1-2H3/t13?,17-/m0/s1. The molecule has 0 spiro atoms. The van der Waals surface area contributed by atoms with Crippen molar-refractivity contribution in [2.45, 2.75) is 25.5 Å². The molecular weight excluding hydrogens is 281 g/mol. The van der Waals surface area contributed by atoms with E-state index in [4.69, 9.17) is 4.74 Å². The molecule has 0 aromatic heterocycles. The summed E-state index contributed by atoms with van der Waals surface area (Å²) in [7, 11) is 1.42. The van der Waals surface area contributed by atoms with Crippen LogP contribution in [0.15, 0.2) is 48.5 Å². The summed E-state index contributed by atoms with van der Waals surface area (Å²) in [4.78, 5) is 0. The van der Waals surface area contributed by atoms with Crippen molar-refractivity contribution >= 4 is 0 Å². The van der Waals surface area contributed by atoms with E-state index in [1.807, 2.05) is 18.2 Å².